The van der Waals surface area contributed by atoms with Crippen LogP contribution in [0.25, 0.3) is 0 Å². The Kier molecular flexibility index (Phi) is 3.47. The topological polar surface area (TPSA) is 60.4 Å². The van der Waals surface area contributed by atoms with Gasteiger partial charge in [-0.15, -0.1) is 3.89 Å². The fourth-order valence-electron chi connectivity index (χ4n) is 1.85. The molecule has 1 aliphatic carbocycles. The first-order valence-corrected chi connectivity index (χ1v) is 5.93. The van der Waals surface area contributed by atoms with Crippen molar-refractivity contribution in [1.29, 1.82) is 0 Å². The Morgan fingerprint density at radius 1 is 1.36 bits per heavy atom. The normalized spacial score (nSPS) is 28.4. The predicted octanol–water partition coefficient (Wildman–Crippen LogP) is 1.02. The van der Waals surface area contributed by atoms with Crippen molar-refractivity contribution in [2.45, 2.75) is 30.9 Å². The van der Waals surface area contributed by atoms with Crippen molar-refractivity contribution in [2.24, 2.45) is 5.92 Å². The van der Waals surface area contributed by atoms with Crippen LogP contribution in [0, 0.1) is 5.92 Å². The molecule has 4 nitrogen and oxygen atoms in total. The van der Waals surface area contributed by atoms with Crippen LogP contribution in [0.3, 0.4) is 0 Å². The molecule has 82 valence electrons. The summed E-state index contributed by atoms with van der Waals surface area (Å²) >= 11 is 0. The molecule has 0 unspecified atom stereocenters. The Labute approximate surface area is 82.6 Å². The van der Waals surface area contributed by atoms with Gasteiger partial charge in [-0.25, -0.2) is 0 Å². The molecule has 0 aliphatic heterocycles. The van der Waals surface area contributed by atoms with Crippen LogP contribution in [0.1, 0.15) is 25.7 Å². The van der Waals surface area contributed by atoms with Crippen LogP contribution >= 0.6 is 0 Å². The van der Waals surface area contributed by atoms with Gasteiger partial charge in [-0.1, -0.05) is 12.8 Å². The number of esters is 1. The molecular formula is C8H13FO4S. The van der Waals surface area contributed by atoms with Gasteiger partial charge >= 0.3 is 16.2 Å². The van der Waals surface area contributed by atoms with Crippen LogP contribution in [-0.2, 0) is 19.8 Å². The van der Waals surface area contributed by atoms with E-state index < -0.39 is 27.4 Å². The molecule has 0 bridgehead atoms. The van der Waals surface area contributed by atoms with Gasteiger partial charge in [-0.2, -0.15) is 8.42 Å². The number of hydrogen-bond donors (Lipinski definition) is 0. The van der Waals surface area contributed by atoms with Crippen molar-refractivity contribution >= 4 is 16.2 Å². The minimum atomic E-state index is -4.63. The predicted molar refractivity (Wildman–Crippen MR) is 47.8 cm³/mol. The van der Waals surface area contributed by atoms with Crippen molar-refractivity contribution in [3.8, 4) is 0 Å². The summed E-state index contributed by atoms with van der Waals surface area (Å²) in [6, 6.07) is 0. The zero-order valence-electron chi connectivity index (χ0n) is 7.90. The van der Waals surface area contributed by atoms with E-state index in [1.807, 2.05) is 0 Å². The number of carbonyl (C=O) groups excluding carboxylic acids is 1. The smallest absolute Gasteiger partial charge is 0.310 e. The van der Waals surface area contributed by atoms with Crippen LogP contribution in [-0.4, -0.2) is 26.7 Å². The highest BCUT2D eigenvalue weighted by Crippen LogP contribution is 2.31. The van der Waals surface area contributed by atoms with E-state index in [-0.39, 0.29) is 6.42 Å². The van der Waals surface area contributed by atoms with Crippen molar-refractivity contribution in [3.63, 3.8) is 0 Å². The van der Waals surface area contributed by atoms with E-state index in [2.05, 4.69) is 4.74 Å². The van der Waals surface area contributed by atoms with Crippen molar-refractivity contribution in [2.75, 3.05) is 7.11 Å². The van der Waals surface area contributed by atoms with Gasteiger partial charge in [0.2, 0.25) is 0 Å². The quantitative estimate of drug-likeness (QED) is 0.519. The summed E-state index contributed by atoms with van der Waals surface area (Å²) in [5, 5.41) is -1.20. The second-order valence-corrected chi connectivity index (χ2v) is 4.98. The lowest BCUT2D eigenvalue weighted by molar-refractivity contribution is -0.146. The lowest BCUT2D eigenvalue weighted by atomic mass is 9.89. The van der Waals surface area contributed by atoms with E-state index in [1.165, 1.54) is 7.11 Å². The van der Waals surface area contributed by atoms with Crippen molar-refractivity contribution < 1.29 is 21.8 Å². The molecule has 0 aromatic carbocycles. The van der Waals surface area contributed by atoms with Gasteiger partial charge in [-0.3, -0.25) is 4.79 Å². The molecule has 0 amide bonds. The third-order valence-corrected chi connectivity index (χ3v) is 3.86. The molecular weight excluding hydrogens is 211 g/mol. The molecule has 0 heterocycles. The summed E-state index contributed by atoms with van der Waals surface area (Å²) in [7, 11) is -3.45. The Morgan fingerprint density at radius 2 is 1.93 bits per heavy atom. The van der Waals surface area contributed by atoms with E-state index in [0.717, 1.165) is 6.42 Å². The summed E-state index contributed by atoms with van der Waals surface area (Å²) in [5.41, 5.74) is 0. The summed E-state index contributed by atoms with van der Waals surface area (Å²) in [6.07, 6.45) is 1.98. The van der Waals surface area contributed by atoms with E-state index >= 15 is 0 Å². The van der Waals surface area contributed by atoms with Gasteiger partial charge in [0.15, 0.2) is 0 Å². The second kappa shape index (κ2) is 4.25. The molecule has 6 heteroatoms. The fraction of sp³-hybridized carbons (Fsp3) is 0.875. The average Bonchev–Trinajstić information content (AvgIpc) is 2.15. The molecule has 1 fully saturated rings. The molecule has 1 saturated carbocycles. The fourth-order valence-corrected chi connectivity index (χ4v) is 2.94. The van der Waals surface area contributed by atoms with E-state index in [1.54, 1.807) is 0 Å². The standard InChI is InChI=1S/C8H13FO4S/c1-13-8(10)6-4-2-3-5-7(6)14(9,11)12/h6-7H,2-5H2,1H3/t6-,7+/m0/s1. The molecule has 0 aromatic rings. The lowest BCUT2D eigenvalue weighted by Crippen LogP contribution is -2.36. The zero-order valence-corrected chi connectivity index (χ0v) is 8.72. The molecule has 0 spiro atoms. The third kappa shape index (κ3) is 2.43. The van der Waals surface area contributed by atoms with Crippen LogP contribution in [0.15, 0.2) is 0 Å². The minimum Gasteiger partial charge on any atom is -0.469 e. The Bertz CT molecular complexity index is 311. The van der Waals surface area contributed by atoms with Gasteiger partial charge in [0.25, 0.3) is 0 Å². The highest BCUT2D eigenvalue weighted by Gasteiger charge is 2.40. The molecule has 0 N–H and O–H groups in total. The summed E-state index contributed by atoms with van der Waals surface area (Å²) < 4.78 is 38.7. The zero-order chi connectivity index (χ0) is 10.8. The average molecular weight is 224 g/mol. The first kappa shape index (κ1) is 11.4. The van der Waals surface area contributed by atoms with Crippen LogP contribution in [0.5, 0.6) is 0 Å². The second-order valence-electron chi connectivity index (χ2n) is 3.43. The highest BCUT2D eigenvalue weighted by atomic mass is 32.3. The monoisotopic (exact) mass is 224 g/mol. The summed E-state index contributed by atoms with van der Waals surface area (Å²) in [5.74, 6) is -1.46. The Morgan fingerprint density at radius 3 is 2.43 bits per heavy atom. The number of ether oxygens (including phenoxy) is 1. The number of methoxy groups -OCH3 is 1. The SMILES string of the molecule is COC(=O)[C@H]1CCCC[C@H]1S(=O)(=O)F. The van der Waals surface area contributed by atoms with Crippen molar-refractivity contribution in [3.05, 3.63) is 0 Å². The van der Waals surface area contributed by atoms with Gasteiger partial charge in [-0.05, 0) is 12.8 Å². The summed E-state index contributed by atoms with van der Waals surface area (Å²) in [4.78, 5) is 11.2. The maximum atomic E-state index is 12.8. The Balaban J connectivity index is 2.85. The largest absolute Gasteiger partial charge is 0.469 e. The van der Waals surface area contributed by atoms with Crippen molar-refractivity contribution in [1.82, 2.24) is 0 Å². The molecule has 1 rings (SSSR count). The number of hydrogen-bond acceptors (Lipinski definition) is 4. The molecule has 0 radical (unpaired) electrons. The lowest BCUT2D eigenvalue weighted by Gasteiger charge is -2.25. The van der Waals surface area contributed by atoms with Gasteiger partial charge in [0.05, 0.1) is 13.0 Å². The van der Waals surface area contributed by atoms with E-state index in [9.17, 15) is 17.1 Å². The number of carbonyl (C=O) groups is 1. The van der Waals surface area contributed by atoms with Gasteiger partial charge in [0.1, 0.15) is 5.25 Å². The van der Waals surface area contributed by atoms with Crippen LogP contribution in [0.2, 0.25) is 0 Å². The van der Waals surface area contributed by atoms with Crippen LogP contribution in [0.4, 0.5) is 3.89 Å². The summed E-state index contributed by atoms with van der Waals surface area (Å²) in [6.45, 7) is 0. The maximum absolute atomic E-state index is 12.8. The van der Waals surface area contributed by atoms with Crippen LogP contribution < -0.4 is 0 Å². The molecule has 0 saturated heterocycles. The van der Waals surface area contributed by atoms with E-state index in [0.29, 0.717) is 12.8 Å². The Hall–Kier alpha value is -0.650. The minimum absolute atomic E-state index is 0.207. The van der Waals surface area contributed by atoms with Gasteiger partial charge < -0.3 is 4.74 Å². The van der Waals surface area contributed by atoms with E-state index in [4.69, 9.17) is 0 Å². The number of halogens is 1. The molecule has 0 aromatic heterocycles. The first-order valence-electron chi connectivity index (χ1n) is 4.48. The molecule has 1 aliphatic rings. The first-order chi connectivity index (χ1) is 6.46. The molecule has 14 heavy (non-hydrogen) atoms. The number of rotatable bonds is 2. The third-order valence-electron chi connectivity index (χ3n) is 2.57. The molecule has 2 atom stereocenters. The highest BCUT2D eigenvalue weighted by molar-refractivity contribution is 7.87. The maximum Gasteiger partial charge on any atom is 0.310 e. The van der Waals surface area contributed by atoms with Gasteiger partial charge in [0, 0.05) is 0 Å².